The second-order valence-corrected chi connectivity index (χ2v) is 9.77. The van der Waals surface area contributed by atoms with Crippen molar-refractivity contribution in [1.29, 1.82) is 0 Å². The molecular weight excluding hydrogens is 426 g/mol. The maximum atomic E-state index is 13.4. The smallest absolute Gasteiger partial charge is 0.222 e. The zero-order chi connectivity index (χ0) is 23.7. The van der Waals surface area contributed by atoms with E-state index in [1.807, 2.05) is 49.1 Å². The van der Waals surface area contributed by atoms with E-state index in [2.05, 4.69) is 12.1 Å². The normalized spacial score (nSPS) is 16.7. The van der Waals surface area contributed by atoms with Crippen LogP contribution in [0.2, 0.25) is 0 Å². The van der Waals surface area contributed by atoms with Gasteiger partial charge in [0.15, 0.2) is 5.43 Å². The van der Waals surface area contributed by atoms with Gasteiger partial charge in [-0.2, -0.15) is 0 Å². The summed E-state index contributed by atoms with van der Waals surface area (Å²) in [4.78, 5) is 27.4. The Labute approximate surface area is 200 Å². The predicted octanol–water partition coefficient (Wildman–Crippen LogP) is 5.75. The molecule has 178 valence electrons. The van der Waals surface area contributed by atoms with Gasteiger partial charge in [-0.25, -0.2) is 0 Å². The molecule has 5 rings (SSSR count). The summed E-state index contributed by atoms with van der Waals surface area (Å²) in [5, 5.41) is 0.641. The number of carbonyl (C=O) groups is 1. The molecule has 1 amide bonds. The number of carbonyl (C=O) groups excluding carboxylic acids is 1. The largest absolute Gasteiger partial charge is 0.488 e. The van der Waals surface area contributed by atoms with Crippen molar-refractivity contribution < 1.29 is 13.9 Å². The van der Waals surface area contributed by atoms with Gasteiger partial charge in [0.05, 0.1) is 5.39 Å². The average Bonchev–Trinajstić information content (AvgIpc) is 3.70. The molecule has 3 aromatic rings. The van der Waals surface area contributed by atoms with Gasteiger partial charge < -0.3 is 14.1 Å². The molecule has 2 heterocycles. The van der Waals surface area contributed by atoms with Gasteiger partial charge in [-0.15, -0.1) is 0 Å². The average molecular weight is 460 g/mol. The minimum atomic E-state index is 0.0509. The Bertz CT molecular complexity index is 1230. The van der Waals surface area contributed by atoms with E-state index >= 15 is 0 Å². The van der Waals surface area contributed by atoms with Gasteiger partial charge in [0, 0.05) is 36.6 Å². The number of piperidine rings is 1. The number of benzene rings is 2. The minimum absolute atomic E-state index is 0.0509. The van der Waals surface area contributed by atoms with Gasteiger partial charge in [-0.1, -0.05) is 37.3 Å². The van der Waals surface area contributed by atoms with Crippen LogP contribution in [0.1, 0.15) is 67.4 Å². The predicted molar refractivity (Wildman–Crippen MR) is 133 cm³/mol. The van der Waals surface area contributed by atoms with Gasteiger partial charge in [0.2, 0.25) is 5.91 Å². The fourth-order valence-electron chi connectivity index (χ4n) is 5.08. The number of hydrogen-bond donors (Lipinski definition) is 0. The third kappa shape index (κ3) is 4.61. The Kier molecular flexibility index (Phi) is 6.44. The van der Waals surface area contributed by atoms with Crippen molar-refractivity contribution in [2.24, 2.45) is 5.92 Å². The summed E-state index contributed by atoms with van der Waals surface area (Å²) in [6, 6.07) is 13.9. The van der Waals surface area contributed by atoms with Gasteiger partial charge in [-0.05, 0) is 62.6 Å². The lowest BCUT2D eigenvalue weighted by atomic mass is 9.90. The molecule has 2 aromatic carbocycles. The maximum Gasteiger partial charge on any atom is 0.222 e. The third-order valence-corrected chi connectivity index (χ3v) is 7.33. The lowest BCUT2D eigenvalue weighted by Crippen LogP contribution is -2.37. The van der Waals surface area contributed by atoms with Gasteiger partial charge >= 0.3 is 0 Å². The van der Waals surface area contributed by atoms with E-state index in [9.17, 15) is 9.59 Å². The summed E-state index contributed by atoms with van der Waals surface area (Å²) in [7, 11) is 0. The van der Waals surface area contributed by atoms with E-state index in [1.165, 1.54) is 12.8 Å². The van der Waals surface area contributed by atoms with E-state index in [-0.39, 0.29) is 17.3 Å². The van der Waals surface area contributed by atoms with E-state index in [1.54, 1.807) is 0 Å². The molecule has 1 saturated heterocycles. The fraction of sp³-hybridized carbons (Fsp3) is 0.448. The molecule has 1 aromatic heterocycles. The van der Waals surface area contributed by atoms with Crippen molar-refractivity contribution >= 4 is 16.9 Å². The van der Waals surface area contributed by atoms with Crippen molar-refractivity contribution in [3.8, 4) is 5.75 Å². The zero-order valence-corrected chi connectivity index (χ0v) is 20.1. The Morgan fingerprint density at radius 1 is 1.06 bits per heavy atom. The molecular formula is C29H33NO4. The summed E-state index contributed by atoms with van der Waals surface area (Å²) in [6.45, 7) is 5.70. The summed E-state index contributed by atoms with van der Waals surface area (Å²) in [5.74, 6) is 2.58. The molecule has 0 spiro atoms. The first-order chi connectivity index (χ1) is 16.5. The number of likely N-dealkylation sites (tertiary alicyclic amines) is 1. The molecule has 0 atom stereocenters. The topological polar surface area (TPSA) is 59.8 Å². The molecule has 0 bridgehead atoms. The standard InChI is InChI=1S/C29H33NO4/c1-3-26(31)30-15-13-22(14-16-30)28-19(2)27(32)23-11-12-25(33-18-21-7-5-4-6-8-21)24(29(23)34-28)17-20-9-10-20/h4-8,11-12,20,22H,3,9-10,13-18H2,1-2H3. The van der Waals surface area contributed by atoms with Gasteiger partial charge in [0.25, 0.3) is 0 Å². The van der Waals surface area contributed by atoms with Crippen molar-refractivity contribution in [3.63, 3.8) is 0 Å². The first-order valence-corrected chi connectivity index (χ1v) is 12.6. The Morgan fingerprint density at radius 3 is 2.47 bits per heavy atom. The molecule has 0 radical (unpaired) electrons. The monoisotopic (exact) mass is 459 g/mol. The lowest BCUT2D eigenvalue weighted by molar-refractivity contribution is -0.131. The second-order valence-electron chi connectivity index (χ2n) is 9.77. The molecule has 1 aliphatic carbocycles. The van der Waals surface area contributed by atoms with Crippen LogP contribution in [-0.4, -0.2) is 23.9 Å². The number of amides is 1. The van der Waals surface area contributed by atoms with E-state index < -0.39 is 0 Å². The van der Waals surface area contributed by atoms with Crippen molar-refractivity contribution in [2.75, 3.05) is 13.1 Å². The number of ether oxygens (including phenoxy) is 1. The summed E-state index contributed by atoms with van der Waals surface area (Å²) < 4.78 is 12.9. The molecule has 5 nitrogen and oxygen atoms in total. The Hall–Kier alpha value is -3.08. The highest BCUT2D eigenvalue weighted by atomic mass is 16.5. The number of fused-ring (bicyclic) bond motifs is 1. The lowest BCUT2D eigenvalue weighted by Gasteiger charge is -2.32. The van der Waals surface area contributed by atoms with Crippen molar-refractivity contribution in [3.05, 3.63) is 75.1 Å². The number of nitrogens with zero attached hydrogens (tertiary/aromatic N) is 1. The van der Waals surface area contributed by atoms with Crippen LogP contribution in [0, 0.1) is 12.8 Å². The van der Waals surface area contributed by atoms with Crippen LogP contribution in [-0.2, 0) is 17.8 Å². The number of hydrogen-bond acceptors (Lipinski definition) is 4. The van der Waals surface area contributed by atoms with E-state index in [0.717, 1.165) is 41.9 Å². The van der Waals surface area contributed by atoms with Crippen LogP contribution in [0.5, 0.6) is 5.75 Å². The molecule has 0 unspecified atom stereocenters. The molecule has 5 heteroatoms. The van der Waals surface area contributed by atoms with E-state index in [0.29, 0.717) is 48.6 Å². The van der Waals surface area contributed by atoms with Crippen LogP contribution < -0.4 is 10.2 Å². The molecule has 34 heavy (non-hydrogen) atoms. The van der Waals surface area contributed by atoms with Gasteiger partial charge in [-0.3, -0.25) is 9.59 Å². The van der Waals surface area contributed by atoms with Crippen LogP contribution in [0.15, 0.2) is 51.7 Å². The summed E-state index contributed by atoms with van der Waals surface area (Å²) in [5.41, 5.74) is 3.57. The molecule has 1 saturated carbocycles. The Balaban J connectivity index is 1.50. The second kappa shape index (κ2) is 9.65. The van der Waals surface area contributed by atoms with Crippen molar-refractivity contribution in [1.82, 2.24) is 4.90 Å². The highest BCUT2D eigenvalue weighted by Gasteiger charge is 2.30. The first kappa shape index (κ1) is 22.7. The molecule has 2 aliphatic rings. The quantitative estimate of drug-likeness (QED) is 0.451. The Morgan fingerprint density at radius 2 is 1.79 bits per heavy atom. The minimum Gasteiger partial charge on any atom is -0.488 e. The fourth-order valence-corrected chi connectivity index (χ4v) is 5.08. The third-order valence-electron chi connectivity index (χ3n) is 7.33. The molecule has 1 aliphatic heterocycles. The SMILES string of the molecule is CCC(=O)N1CCC(c2oc3c(CC4CC4)c(OCc4ccccc4)ccc3c(=O)c2C)CC1. The maximum absolute atomic E-state index is 13.4. The summed E-state index contributed by atoms with van der Waals surface area (Å²) in [6.07, 6.45) is 5.47. The molecule has 2 fully saturated rings. The zero-order valence-electron chi connectivity index (χ0n) is 20.1. The summed E-state index contributed by atoms with van der Waals surface area (Å²) >= 11 is 0. The number of rotatable bonds is 7. The molecule has 0 N–H and O–H groups in total. The van der Waals surface area contributed by atoms with E-state index in [4.69, 9.17) is 9.15 Å². The van der Waals surface area contributed by atoms with Crippen LogP contribution >= 0.6 is 0 Å². The van der Waals surface area contributed by atoms with Crippen LogP contribution in [0.3, 0.4) is 0 Å². The highest BCUT2D eigenvalue weighted by molar-refractivity contribution is 5.83. The van der Waals surface area contributed by atoms with Crippen LogP contribution in [0.25, 0.3) is 11.0 Å². The van der Waals surface area contributed by atoms with Crippen molar-refractivity contribution in [2.45, 2.75) is 64.9 Å². The highest BCUT2D eigenvalue weighted by Crippen LogP contribution is 2.40. The van der Waals surface area contributed by atoms with Gasteiger partial charge in [0.1, 0.15) is 23.7 Å². The van der Waals surface area contributed by atoms with Crippen LogP contribution in [0.4, 0.5) is 0 Å². The first-order valence-electron chi connectivity index (χ1n) is 12.6.